The molecular weight excluding hydrogens is 282 g/mol. The highest BCUT2D eigenvalue weighted by Crippen LogP contribution is 2.22. The second-order valence-electron chi connectivity index (χ2n) is 4.74. The molecule has 2 heterocycles. The molecule has 0 unspecified atom stereocenters. The summed E-state index contributed by atoms with van der Waals surface area (Å²) >= 11 is 5.27. The number of aromatic nitrogens is 1. The number of hydrogen-bond donors (Lipinski definition) is 1. The van der Waals surface area contributed by atoms with Gasteiger partial charge in [-0.3, -0.25) is 14.7 Å². The van der Waals surface area contributed by atoms with Gasteiger partial charge in [0.05, 0.1) is 5.69 Å². The smallest absolute Gasteiger partial charge is 0.281 e. The summed E-state index contributed by atoms with van der Waals surface area (Å²) in [5.74, 6) is -0.152. The van der Waals surface area contributed by atoms with Crippen LogP contribution in [0.4, 0.5) is 5.69 Å². The van der Waals surface area contributed by atoms with Crippen LogP contribution >= 0.6 is 12.2 Å². The van der Waals surface area contributed by atoms with Crippen LogP contribution in [0, 0.1) is 6.92 Å². The lowest BCUT2D eigenvalue weighted by atomic mass is 10.2. The van der Waals surface area contributed by atoms with Crippen molar-refractivity contribution < 1.29 is 4.79 Å². The molecule has 5 heteroatoms. The standard InChI is InChI=1S/C16H13N3OS/c1-11-2-4-13(5-3-11)19-15(20)14(18-16(19)21)10-12-6-8-17-9-7-12/h2-10H,1H3,(H,18,21). The van der Waals surface area contributed by atoms with Crippen LogP contribution in [-0.4, -0.2) is 16.0 Å². The molecule has 0 saturated carbocycles. The van der Waals surface area contributed by atoms with Gasteiger partial charge in [0.2, 0.25) is 0 Å². The summed E-state index contributed by atoms with van der Waals surface area (Å²) in [6.45, 7) is 2.00. The third-order valence-electron chi connectivity index (χ3n) is 3.19. The van der Waals surface area contributed by atoms with Crippen molar-refractivity contribution in [1.29, 1.82) is 0 Å². The maximum absolute atomic E-state index is 12.5. The quantitative estimate of drug-likeness (QED) is 0.683. The first kappa shape index (κ1) is 13.5. The number of nitrogens with zero attached hydrogens (tertiary/aromatic N) is 2. The maximum atomic E-state index is 12.5. The molecule has 1 amide bonds. The minimum absolute atomic E-state index is 0.152. The molecule has 1 aromatic carbocycles. The van der Waals surface area contributed by atoms with Gasteiger partial charge in [-0.2, -0.15) is 0 Å². The van der Waals surface area contributed by atoms with Crippen LogP contribution in [0.5, 0.6) is 0 Å². The molecule has 1 N–H and O–H groups in total. The van der Waals surface area contributed by atoms with Gasteiger partial charge in [-0.1, -0.05) is 17.7 Å². The maximum Gasteiger partial charge on any atom is 0.281 e. The minimum atomic E-state index is -0.152. The van der Waals surface area contributed by atoms with Crippen molar-refractivity contribution in [2.75, 3.05) is 4.90 Å². The van der Waals surface area contributed by atoms with E-state index in [2.05, 4.69) is 10.3 Å². The lowest BCUT2D eigenvalue weighted by molar-refractivity contribution is -0.113. The lowest BCUT2D eigenvalue weighted by Crippen LogP contribution is -2.30. The molecule has 21 heavy (non-hydrogen) atoms. The van der Waals surface area contributed by atoms with Gasteiger partial charge in [-0.15, -0.1) is 0 Å². The summed E-state index contributed by atoms with van der Waals surface area (Å²) in [6, 6.07) is 11.3. The van der Waals surface area contributed by atoms with Crippen molar-refractivity contribution in [2.24, 2.45) is 0 Å². The fraction of sp³-hybridized carbons (Fsp3) is 0.0625. The van der Waals surface area contributed by atoms with Crippen molar-refractivity contribution in [3.8, 4) is 0 Å². The fourth-order valence-corrected chi connectivity index (χ4v) is 2.39. The van der Waals surface area contributed by atoms with Gasteiger partial charge in [-0.25, -0.2) is 0 Å². The van der Waals surface area contributed by atoms with Crippen LogP contribution < -0.4 is 10.2 Å². The number of pyridine rings is 1. The molecule has 0 radical (unpaired) electrons. The van der Waals surface area contributed by atoms with Crippen LogP contribution in [0.15, 0.2) is 54.5 Å². The second-order valence-corrected chi connectivity index (χ2v) is 5.13. The molecule has 3 rings (SSSR count). The van der Waals surface area contributed by atoms with Gasteiger partial charge in [0.15, 0.2) is 5.11 Å². The van der Waals surface area contributed by atoms with Crippen LogP contribution in [0.3, 0.4) is 0 Å². The van der Waals surface area contributed by atoms with Crippen molar-refractivity contribution in [2.45, 2.75) is 6.92 Å². The highest BCUT2D eigenvalue weighted by atomic mass is 32.1. The number of hydrogen-bond acceptors (Lipinski definition) is 3. The zero-order chi connectivity index (χ0) is 14.8. The van der Waals surface area contributed by atoms with Gasteiger partial charge in [-0.05, 0) is 55.0 Å². The molecule has 1 aromatic heterocycles. The molecule has 0 atom stereocenters. The SMILES string of the molecule is Cc1ccc(N2C(=O)C(=Cc3ccncc3)NC2=S)cc1. The first-order valence-corrected chi connectivity index (χ1v) is 6.90. The third-order valence-corrected chi connectivity index (χ3v) is 3.47. The number of rotatable bonds is 2. The van der Waals surface area contributed by atoms with E-state index in [4.69, 9.17) is 12.2 Å². The van der Waals surface area contributed by atoms with Gasteiger partial charge >= 0.3 is 0 Å². The van der Waals surface area contributed by atoms with E-state index in [1.165, 1.54) is 4.90 Å². The molecule has 0 aliphatic carbocycles. The highest BCUT2D eigenvalue weighted by Gasteiger charge is 2.31. The molecule has 1 saturated heterocycles. The number of nitrogens with one attached hydrogen (secondary N) is 1. The number of anilines is 1. The number of amides is 1. The van der Waals surface area contributed by atoms with E-state index in [1.807, 2.05) is 43.3 Å². The molecule has 1 fully saturated rings. The summed E-state index contributed by atoms with van der Waals surface area (Å²) in [7, 11) is 0. The van der Waals surface area contributed by atoms with E-state index in [9.17, 15) is 4.79 Å². The zero-order valence-corrected chi connectivity index (χ0v) is 12.2. The average molecular weight is 295 g/mol. The minimum Gasteiger partial charge on any atom is -0.327 e. The van der Waals surface area contributed by atoms with Crippen LogP contribution in [0.2, 0.25) is 0 Å². The lowest BCUT2D eigenvalue weighted by Gasteiger charge is -2.13. The summed E-state index contributed by atoms with van der Waals surface area (Å²) < 4.78 is 0. The second kappa shape index (κ2) is 5.46. The predicted octanol–water partition coefficient (Wildman–Crippen LogP) is 2.65. The molecule has 0 bridgehead atoms. The first-order chi connectivity index (χ1) is 10.1. The van der Waals surface area contributed by atoms with Crippen LogP contribution in [0.25, 0.3) is 6.08 Å². The number of carbonyl (C=O) groups is 1. The molecule has 0 spiro atoms. The Balaban J connectivity index is 1.92. The Morgan fingerprint density at radius 3 is 2.48 bits per heavy atom. The third kappa shape index (κ3) is 2.68. The Morgan fingerprint density at radius 2 is 1.81 bits per heavy atom. The van der Waals surface area contributed by atoms with E-state index in [-0.39, 0.29) is 5.91 Å². The summed E-state index contributed by atoms with van der Waals surface area (Å²) in [5, 5.41) is 3.36. The Hall–Kier alpha value is -2.53. The number of benzene rings is 1. The van der Waals surface area contributed by atoms with Crippen molar-refractivity contribution in [1.82, 2.24) is 10.3 Å². The molecule has 4 nitrogen and oxygen atoms in total. The monoisotopic (exact) mass is 295 g/mol. The average Bonchev–Trinajstić information content (AvgIpc) is 2.76. The number of aryl methyl sites for hydroxylation is 1. The van der Waals surface area contributed by atoms with Crippen molar-refractivity contribution >= 4 is 35.0 Å². The van der Waals surface area contributed by atoms with Crippen molar-refractivity contribution in [3.63, 3.8) is 0 Å². The van der Waals surface area contributed by atoms with E-state index < -0.39 is 0 Å². The topological polar surface area (TPSA) is 45.2 Å². The van der Waals surface area contributed by atoms with Gasteiger partial charge in [0, 0.05) is 12.4 Å². The molecular formula is C16H13N3OS. The van der Waals surface area contributed by atoms with Gasteiger partial charge in [0.1, 0.15) is 5.70 Å². The van der Waals surface area contributed by atoms with Crippen LogP contribution in [-0.2, 0) is 4.79 Å². The van der Waals surface area contributed by atoms with Crippen molar-refractivity contribution in [3.05, 3.63) is 65.6 Å². The van der Waals surface area contributed by atoms with Gasteiger partial charge in [0.25, 0.3) is 5.91 Å². The van der Waals surface area contributed by atoms with E-state index in [0.29, 0.717) is 10.8 Å². The summed E-state index contributed by atoms with van der Waals surface area (Å²) in [4.78, 5) is 18.0. The predicted molar refractivity (Wildman–Crippen MR) is 86.6 cm³/mol. The normalized spacial score (nSPS) is 16.4. The highest BCUT2D eigenvalue weighted by molar-refractivity contribution is 7.80. The number of thiocarbonyl (C=S) groups is 1. The van der Waals surface area contributed by atoms with E-state index in [1.54, 1.807) is 18.5 Å². The van der Waals surface area contributed by atoms with Gasteiger partial charge < -0.3 is 5.32 Å². The Morgan fingerprint density at radius 1 is 1.14 bits per heavy atom. The Bertz CT molecular complexity index is 723. The molecule has 104 valence electrons. The molecule has 1 aliphatic heterocycles. The largest absolute Gasteiger partial charge is 0.327 e. The Kier molecular flexibility index (Phi) is 3.50. The summed E-state index contributed by atoms with van der Waals surface area (Å²) in [6.07, 6.45) is 5.13. The molecule has 1 aliphatic rings. The summed E-state index contributed by atoms with van der Waals surface area (Å²) in [5.41, 5.74) is 3.26. The number of carbonyl (C=O) groups excluding carboxylic acids is 1. The van der Waals surface area contributed by atoms with E-state index >= 15 is 0 Å². The van der Waals surface area contributed by atoms with E-state index in [0.717, 1.165) is 16.8 Å². The van der Waals surface area contributed by atoms with Crippen LogP contribution in [0.1, 0.15) is 11.1 Å². The zero-order valence-electron chi connectivity index (χ0n) is 11.4. The fourth-order valence-electron chi connectivity index (χ4n) is 2.09. The first-order valence-electron chi connectivity index (χ1n) is 6.49. The molecule has 2 aromatic rings. The Labute approximate surface area is 128 Å².